The molecule has 0 N–H and O–H groups in total. The molecule has 2 heterocycles. The van der Waals surface area contributed by atoms with Gasteiger partial charge in [-0.25, -0.2) is 9.18 Å². The van der Waals surface area contributed by atoms with Gasteiger partial charge in [0.1, 0.15) is 17.3 Å². The standard InChI is InChI=1S/C21H12FNO4/c22-17-4-2-1-3-15(17)21(25)26-14-5-6-16-18(12-14)27-19(20(16)24)11-13-7-9-23-10-8-13/h1-12H/b19-11-. The fraction of sp³-hybridized carbons (Fsp3) is 0. The molecule has 1 aromatic heterocycles. The number of allylic oxidation sites excluding steroid dienone is 1. The average Bonchev–Trinajstić information content (AvgIpc) is 2.98. The first kappa shape index (κ1) is 16.7. The number of aromatic nitrogens is 1. The summed E-state index contributed by atoms with van der Waals surface area (Å²) in [5.74, 6) is -1.18. The van der Waals surface area contributed by atoms with Crippen LogP contribution in [0.25, 0.3) is 6.08 Å². The lowest BCUT2D eigenvalue weighted by Gasteiger charge is -2.06. The molecule has 0 radical (unpaired) electrons. The normalized spacial score (nSPS) is 14.0. The Kier molecular flexibility index (Phi) is 4.22. The minimum atomic E-state index is -0.829. The maximum atomic E-state index is 13.7. The van der Waals surface area contributed by atoms with Crippen LogP contribution in [0.4, 0.5) is 4.39 Å². The number of carbonyl (C=O) groups is 2. The van der Waals surface area contributed by atoms with Crippen molar-refractivity contribution in [3.63, 3.8) is 0 Å². The summed E-state index contributed by atoms with van der Waals surface area (Å²) in [6.07, 6.45) is 4.83. The maximum absolute atomic E-state index is 13.7. The Balaban J connectivity index is 1.57. The molecule has 0 saturated carbocycles. The molecule has 27 heavy (non-hydrogen) atoms. The zero-order valence-electron chi connectivity index (χ0n) is 13.9. The summed E-state index contributed by atoms with van der Waals surface area (Å²) in [5.41, 5.74) is 0.960. The number of fused-ring (bicyclic) bond motifs is 1. The van der Waals surface area contributed by atoms with E-state index in [1.54, 1.807) is 36.7 Å². The number of ether oxygens (including phenoxy) is 2. The molecule has 0 atom stereocenters. The summed E-state index contributed by atoms with van der Waals surface area (Å²) in [5, 5.41) is 0. The van der Waals surface area contributed by atoms with Gasteiger partial charge in [-0.15, -0.1) is 0 Å². The van der Waals surface area contributed by atoms with E-state index >= 15 is 0 Å². The first-order valence-electron chi connectivity index (χ1n) is 8.07. The van der Waals surface area contributed by atoms with E-state index < -0.39 is 11.8 Å². The lowest BCUT2D eigenvalue weighted by molar-refractivity contribution is 0.0729. The Bertz CT molecular complexity index is 1080. The molecule has 0 bridgehead atoms. The van der Waals surface area contributed by atoms with E-state index in [1.165, 1.54) is 36.4 Å². The maximum Gasteiger partial charge on any atom is 0.346 e. The van der Waals surface area contributed by atoms with Gasteiger partial charge in [-0.2, -0.15) is 0 Å². The third kappa shape index (κ3) is 3.32. The molecule has 0 fully saturated rings. The van der Waals surface area contributed by atoms with Gasteiger partial charge in [0.2, 0.25) is 5.78 Å². The van der Waals surface area contributed by atoms with Crippen molar-refractivity contribution in [2.24, 2.45) is 0 Å². The van der Waals surface area contributed by atoms with Gasteiger partial charge in [0.25, 0.3) is 0 Å². The fourth-order valence-corrected chi connectivity index (χ4v) is 2.63. The summed E-state index contributed by atoms with van der Waals surface area (Å²) < 4.78 is 24.5. The van der Waals surface area contributed by atoms with Crippen molar-refractivity contribution in [3.05, 3.63) is 95.3 Å². The highest BCUT2D eigenvalue weighted by atomic mass is 19.1. The molecular formula is C21H12FNO4. The van der Waals surface area contributed by atoms with Gasteiger partial charge in [-0.1, -0.05) is 12.1 Å². The van der Waals surface area contributed by atoms with E-state index in [9.17, 15) is 14.0 Å². The SMILES string of the molecule is O=C(Oc1ccc2c(c1)O/C(=C\c1ccncc1)C2=O)c1ccccc1F. The summed E-state index contributed by atoms with van der Waals surface area (Å²) in [4.78, 5) is 28.5. The molecule has 0 amide bonds. The molecule has 3 aromatic rings. The minimum absolute atomic E-state index is 0.153. The Hall–Kier alpha value is -3.80. The lowest BCUT2D eigenvalue weighted by Crippen LogP contribution is -2.10. The Morgan fingerprint density at radius 1 is 1.07 bits per heavy atom. The lowest BCUT2D eigenvalue weighted by atomic mass is 10.1. The van der Waals surface area contributed by atoms with Crippen LogP contribution in [0.1, 0.15) is 26.3 Å². The highest BCUT2D eigenvalue weighted by Gasteiger charge is 2.28. The number of halogens is 1. The number of nitrogens with zero attached hydrogens (tertiary/aromatic N) is 1. The van der Waals surface area contributed by atoms with E-state index in [1.807, 2.05) is 0 Å². The zero-order valence-corrected chi connectivity index (χ0v) is 13.9. The molecule has 132 valence electrons. The predicted octanol–water partition coefficient (Wildman–Crippen LogP) is 4.06. The van der Waals surface area contributed by atoms with Crippen LogP contribution in [-0.4, -0.2) is 16.7 Å². The molecule has 5 nitrogen and oxygen atoms in total. The van der Waals surface area contributed by atoms with Crippen LogP contribution in [0.15, 0.2) is 72.8 Å². The summed E-state index contributed by atoms with van der Waals surface area (Å²) in [6, 6.07) is 13.4. The Morgan fingerprint density at radius 2 is 1.85 bits per heavy atom. The van der Waals surface area contributed by atoms with Gasteiger partial charge in [0, 0.05) is 18.5 Å². The Labute approximate surface area is 153 Å². The predicted molar refractivity (Wildman–Crippen MR) is 95.0 cm³/mol. The fourth-order valence-electron chi connectivity index (χ4n) is 2.63. The minimum Gasteiger partial charge on any atom is -0.452 e. The van der Waals surface area contributed by atoms with E-state index in [2.05, 4.69) is 4.98 Å². The van der Waals surface area contributed by atoms with Crippen LogP contribution < -0.4 is 9.47 Å². The van der Waals surface area contributed by atoms with Crippen LogP contribution in [0.3, 0.4) is 0 Å². The van der Waals surface area contributed by atoms with Gasteiger partial charge in [0.05, 0.1) is 11.1 Å². The number of pyridine rings is 1. The smallest absolute Gasteiger partial charge is 0.346 e. The monoisotopic (exact) mass is 361 g/mol. The van der Waals surface area contributed by atoms with Crippen molar-refractivity contribution in [2.75, 3.05) is 0 Å². The number of esters is 1. The second-order valence-corrected chi connectivity index (χ2v) is 5.75. The molecule has 0 aliphatic carbocycles. The van der Waals surface area contributed by atoms with Crippen LogP contribution in [-0.2, 0) is 0 Å². The largest absolute Gasteiger partial charge is 0.452 e. The van der Waals surface area contributed by atoms with E-state index in [4.69, 9.17) is 9.47 Å². The third-order valence-electron chi connectivity index (χ3n) is 3.95. The number of carbonyl (C=O) groups excluding carboxylic acids is 2. The molecule has 0 spiro atoms. The number of hydrogen-bond acceptors (Lipinski definition) is 5. The second-order valence-electron chi connectivity index (χ2n) is 5.75. The second kappa shape index (κ2) is 6.84. The van der Waals surface area contributed by atoms with Crippen molar-refractivity contribution in [1.29, 1.82) is 0 Å². The Morgan fingerprint density at radius 3 is 2.63 bits per heavy atom. The van der Waals surface area contributed by atoms with Gasteiger partial charge >= 0.3 is 5.97 Å². The first-order valence-corrected chi connectivity index (χ1v) is 8.07. The summed E-state index contributed by atoms with van der Waals surface area (Å²) >= 11 is 0. The summed E-state index contributed by atoms with van der Waals surface area (Å²) in [6.45, 7) is 0. The van der Waals surface area contributed by atoms with Crippen molar-refractivity contribution in [1.82, 2.24) is 4.98 Å². The number of hydrogen-bond donors (Lipinski definition) is 0. The molecule has 0 saturated heterocycles. The third-order valence-corrected chi connectivity index (χ3v) is 3.95. The topological polar surface area (TPSA) is 65.5 Å². The molecule has 1 aliphatic rings. The van der Waals surface area contributed by atoms with Crippen LogP contribution >= 0.6 is 0 Å². The molecule has 4 rings (SSSR count). The van der Waals surface area contributed by atoms with Crippen molar-refractivity contribution in [3.8, 4) is 11.5 Å². The molecule has 6 heteroatoms. The first-order chi connectivity index (χ1) is 13.1. The number of rotatable bonds is 3. The highest BCUT2D eigenvalue weighted by molar-refractivity contribution is 6.14. The van der Waals surface area contributed by atoms with Crippen molar-refractivity contribution in [2.45, 2.75) is 0 Å². The van der Waals surface area contributed by atoms with Crippen LogP contribution in [0, 0.1) is 5.82 Å². The van der Waals surface area contributed by atoms with Crippen molar-refractivity contribution < 1.29 is 23.5 Å². The van der Waals surface area contributed by atoms with Gasteiger partial charge in [-0.05, 0) is 48.0 Å². The summed E-state index contributed by atoms with van der Waals surface area (Å²) in [7, 11) is 0. The van der Waals surface area contributed by atoms with Gasteiger partial charge < -0.3 is 9.47 Å². The van der Waals surface area contributed by atoms with E-state index in [0.29, 0.717) is 5.56 Å². The van der Waals surface area contributed by atoms with Gasteiger partial charge in [0.15, 0.2) is 5.76 Å². The van der Waals surface area contributed by atoms with E-state index in [-0.39, 0.29) is 28.6 Å². The molecule has 2 aromatic carbocycles. The zero-order chi connectivity index (χ0) is 18.8. The average molecular weight is 361 g/mol. The van der Waals surface area contributed by atoms with Crippen LogP contribution in [0.5, 0.6) is 11.5 Å². The number of Topliss-reactive ketones (excluding diaryl/α,β-unsaturated/α-hetero) is 1. The molecule has 1 aliphatic heterocycles. The van der Waals surface area contributed by atoms with Crippen molar-refractivity contribution >= 4 is 17.8 Å². The van der Waals surface area contributed by atoms with E-state index in [0.717, 1.165) is 5.56 Å². The molecule has 0 unspecified atom stereocenters. The van der Waals surface area contributed by atoms with Gasteiger partial charge in [-0.3, -0.25) is 9.78 Å². The number of ketones is 1. The van der Waals surface area contributed by atoms with Crippen LogP contribution in [0.2, 0.25) is 0 Å². The quantitative estimate of drug-likeness (QED) is 0.400. The number of benzene rings is 2. The highest BCUT2D eigenvalue weighted by Crippen LogP contribution is 2.35. The molecular weight excluding hydrogens is 349 g/mol.